The van der Waals surface area contributed by atoms with Crippen LogP contribution in [-0.2, 0) is 10.0 Å². The van der Waals surface area contributed by atoms with E-state index in [2.05, 4.69) is 10.6 Å². The van der Waals surface area contributed by atoms with E-state index in [0.717, 1.165) is 12.8 Å². The Balaban J connectivity index is 2.45. The zero-order valence-corrected chi connectivity index (χ0v) is 8.60. The topological polar surface area (TPSA) is 46.2 Å². The summed E-state index contributed by atoms with van der Waals surface area (Å²) in [5, 5.41) is 0. The van der Waals surface area contributed by atoms with Gasteiger partial charge in [-0.15, -0.1) is 6.42 Å². The minimum atomic E-state index is -3.13. The van der Waals surface area contributed by atoms with Crippen LogP contribution >= 0.6 is 0 Å². The Bertz CT molecular complexity index is 298. The van der Waals surface area contributed by atoms with E-state index in [9.17, 15) is 8.42 Å². The van der Waals surface area contributed by atoms with Crippen molar-refractivity contribution >= 4 is 10.0 Å². The molecule has 1 atom stereocenters. The monoisotopic (exact) mass is 201 g/mol. The quantitative estimate of drug-likeness (QED) is 0.666. The Morgan fingerprint density at radius 2 is 2.23 bits per heavy atom. The van der Waals surface area contributed by atoms with Crippen LogP contribution in [0.1, 0.15) is 26.2 Å². The average Bonchev–Trinajstić information content (AvgIpc) is 2.83. The van der Waals surface area contributed by atoms with Crippen LogP contribution in [0.5, 0.6) is 0 Å². The van der Waals surface area contributed by atoms with Crippen LogP contribution in [0.2, 0.25) is 0 Å². The van der Waals surface area contributed by atoms with Crippen molar-refractivity contribution in [1.82, 2.24) is 4.72 Å². The molecule has 13 heavy (non-hydrogen) atoms. The minimum absolute atomic E-state index is 0.241. The maximum Gasteiger partial charge on any atom is 0.212 e. The molecule has 0 radical (unpaired) electrons. The summed E-state index contributed by atoms with van der Waals surface area (Å²) in [6.45, 7) is 1.87. The van der Waals surface area contributed by atoms with Crippen LogP contribution in [0.15, 0.2) is 0 Å². The highest BCUT2D eigenvalue weighted by atomic mass is 32.2. The lowest BCUT2D eigenvalue weighted by atomic mass is 10.3. The van der Waals surface area contributed by atoms with Crippen molar-refractivity contribution in [2.45, 2.75) is 32.2 Å². The lowest BCUT2D eigenvalue weighted by Crippen LogP contribution is -2.35. The van der Waals surface area contributed by atoms with E-state index in [4.69, 9.17) is 6.42 Å². The van der Waals surface area contributed by atoms with Crippen molar-refractivity contribution in [3.05, 3.63) is 0 Å². The molecular weight excluding hydrogens is 186 g/mol. The Kier molecular flexibility index (Phi) is 3.34. The third-order valence-corrected chi connectivity index (χ3v) is 3.64. The second-order valence-corrected chi connectivity index (χ2v) is 5.27. The fourth-order valence-electron chi connectivity index (χ4n) is 1.09. The van der Waals surface area contributed by atoms with Crippen LogP contribution in [0.4, 0.5) is 0 Å². The summed E-state index contributed by atoms with van der Waals surface area (Å²) in [6.07, 6.45) is 7.87. The van der Waals surface area contributed by atoms with E-state index in [1.54, 1.807) is 0 Å². The average molecular weight is 201 g/mol. The van der Waals surface area contributed by atoms with E-state index < -0.39 is 10.0 Å². The molecular formula is C9H15NO2S. The predicted octanol–water partition coefficient (Wildman–Crippen LogP) is 0.728. The maximum absolute atomic E-state index is 11.4. The van der Waals surface area contributed by atoms with Crippen LogP contribution in [0.25, 0.3) is 0 Å². The molecule has 1 N–H and O–H groups in total. The van der Waals surface area contributed by atoms with Crippen LogP contribution in [0.3, 0.4) is 0 Å². The molecule has 0 aliphatic heterocycles. The second-order valence-electron chi connectivity index (χ2n) is 3.47. The van der Waals surface area contributed by atoms with E-state index in [1.807, 2.05) is 6.92 Å². The molecule has 0 heterocycles. The third-order valence-electron chi connectivity index (χ3n) is 2.08. The van der Waals surface area contributed by atoms with Gasteiger partial charge in [-0.25, -0.2) is 13.1 Å². The molecule has 4 heteroatoms. The zero-order valence-electron chi connectivity index (χ0n) is 7.79. The van der Waals surface area contributed by atoms with Gasteiger partial charge in [-0.2, -0.15) is 0 Å². The van der Waals surface area contributed by atoms with Gasteiger partial charge >= 0.3 is 0 Å². The highest BCUT2D eigenvalue weighted by Gasteiger charge is 2.28. The van der Waals surface area contributed by atoms with Gasteiger partial charge in [0.2, 0.25) is 10.0 Å². The van der Waals surface area contributed by atoms with E-state index >= 15 is 0 Å². The van der Waals surface area contributed by atoms with Gasteiger partial charge in [-0.05, 0) is 25.2 Å². The Labute approximate surface area is 80.0 Å². The normalized spacial score (nSPS) is 19.4. The first-order valence-electron chi connectivity index (χ1n) is 4.53. The van der Waals surface area contributed by atoms with Crippen LogP contribution in [0, 0.1) is 18.3 Å². The van der Waals surface area contributed by atoms with E-state index in [1.165, 1.54) is 0 Å². The van der Waals surface area contributed by atoms with Crippen molar-refractivity contribution < 1.29 is 8.42 Å². The molecule has 0 spiro atoms. The van der Waals surface area contributed by atoms with Gasteiger partial charge in [0.15, 0.2) is 0 Å². The maximum atomic E-state index is 11.4. The molecule has 0 aromatic carbocycles. The van der Waals surface area contributed by atoms with Crippen molar-refractivity contribution in [2.24, 2.45) is 5.92 Å². The van der Waals surface area contributed by atoms with Gasteiger partial charge in [0.1, 0.15) is 0 Å². The summed E-state index contributed by atoms with van der Waals surface area (Å²) in [6, 6.07) is -0.344. The molecule has 1 unspecified atom stereocenters. The highest BCUT2D eigenvalue weighted by Crippen LogP contribution is 2.29. The van der Waals surface area contributed by atoms with E-state index in [0.29, 0.717) is 12.3 Å². The van der Waals surface area contributed by atoms with Gasteiger partial charge in [0.25, 0.3) is 0 Å². The van der Waals surface area contributed by atoms with Crippen molar-refractivity contribution in [3.8, 4) is 12.3 Å². The SMILES string of the molecule is C#CC(CC)NS(=O)(=O)CC1CC1. The molecule has 1 rings (SSSR count). The van der Waals surface area contributed by atoms with Crippen LogP contribution in [-0.4, -0.2) is 20.2 Å². The molecule has 1 saturated carbocycles. The Hall–Kier alpha value is -0.530. The number of sulfonamides is 1. The summed E-state index contributed by atoms with van der Waals surface area (Å²) in [5.41, 5.74) is 0. The summed E-state index contributed by atoms with van der Waals surface area (Å²) >= 11 is 0. The minimum Gasteiger partial charge on any atom is -0.212 e. The van der Waals surface area contributed by atoms with Gasteiger partial charge in [0.05, 0.1) is 11.8 Å². The number of hydrogen-bond donors (Lipinski definition) is 1. The molecule has 1 fully saturated rings. The molecule has 0 amide bonds. The highest BCUT2D eigenvalue weighted by molar-refractivity contribution is 7.89. The fourth-order valence-corrected chi connectivity index (χ4v) is 2.81. The standard InChI is InChI=1S/C9H15NO2S/c1-3-9(4-2)10-13(11,12)7-8-5-6-8/h1,8-10H,4-7H2,2H3. The number of nitrogens with one attached hydrogen (secondary N) is 1. The van der Waals surface area contributed by atoms with Gasteiger partial charge in [-0.1, -0.05) is 12.8 Å². The number of terminal acetylenes is 1. The molecule has 1 aliphatic rings. The molecule has 74 valence electrons. The number of rotatable bonds is 5. The van der Waals surface area contributed by atoms with Crippen molar-refractivity contribution in [2.75, 3.05) is 5.75 Å². The first kappa shape index (κ1) is 10.6. The Morgan fingerprint density at radius 1 is 1.62 bits per heavy atom. The third kappa shape index (κ3) is 3.79. The van der Waals surface area contributed by atoms with Crippen molar-refractivity contribution in [3.63, 3.8) is 0 Å². The van der Waals surface area contributed by atoms with Gasteiger partial charge in [-0.3, -0.25) is 0 Å². The summed E-state index contributed by atoms with van der Waals surface area (Å²) in [5.74, 6) is 3.02. The summed E-state index contributed by atoms with van der Waals surface area (Å²) < 4.78 is 25.3. The largest absolute Gasteiger partial charge is 0.212 e. The fraction of sp³-hybridized carbons (Fsp3) is 0.778. The number of hydrogen-bond acceptors (Lipinski definition) is 2. The summed E-state index contributed by atoms with van der Waals surface area (Å²) in [7, 11) is -3.13. The molecule has 0 aromatic heterocycles. The Morgan fingerprint density at radius 3 is 2.62 bits per heavy atom. The smallest absolute Gasteiger partial charge is 0.212 e. The molecule has 1 aliphatic carbocycles. The first-order chi connectivity index (χ1) is 6.07. The second kappa shape index (κ2) is 4.12. The van der Waals surface area contributed by atoms with Gasteiger partial charge in [0, 0.05) is 0 Å². The summed E-state index contributed by atoms with van der Waals surface area (Å²) in [4.78, 5) is 0. The lowest BCUT2D eigenvalue weighted by Gasteiger charge is -2.10. The molecule has 0 bridgehead atoms. The lowest BCUT2D eigenvalue weighted by molar-refractivity contribution is 0.567. The van der Waals surface area contributed by atoms with Crippen molar-refractivity contribution in [1.29, 1.82) is 0 Å². The predicted molar refractivity (Wildman–Crippen MR) is 52.6 cm³/mol. The first-order valence-corrected chi connectivity index (χ1v) is 6.18. The molecule has 0 saturated heterocycles. The molecule has 3 nitrogen and oxygen atoms in total. The zero-order chi connectivity index (χ0) is 9.90. The van der Waals surface area contributed by atoms with Crippen LogP contribution < -0.4 is 4.72 Å². The molecule has 0 aromatic rings. The van der Waals surface area contributed by atoms with Gasteiger partial charge < -0.3 is 0 Å². The van der Waals surface area contributed by atoms with E-state index in [-0.39, 0.29) is 11.8 Å².